The Morgan fingerprint density at radius 2 is 1.89 bits per heavy atom. The summed E-state index contributed by atoms with van der Waals surface area (Å²) in [6, 6.07) is 4.19. The maximum absolute atomic E-state index is 12.8. The van der Waals surface area contributed by atoms with Crippen LogP contribution in [0.3, 0.4) is 0 Å². The van der Waals surface area contributed by atoms with Gasteiger partial charge in [-0.1, -0.05) is 6.07 Å². The van der Waals surface area contributed by atoms with Crippen LogP contribution in [0, 0.1) is 10.1 Å². The van der Waals surface area contributed by atoms with Crippen LogP contribution in [0.15, 0.2) is 18.2 Å². The molecule has 0 amide bonds. The summed E-state index contributed by atoms with van der Waals surface area (Å²) in [6.07, 6.45) is -4.56. The fraction of sp³-hybridized carbons (Fsp3) is 0.455. The van der Waals surface area contributed by atoms with E-state index in [-0.39, 0.29) is 29.9 Å². The Balaban J connectivity index is 2.39. The van der Waals surface area contributed by atoms with Gasteiger partial charge in [-0.3, -0.25) is 10.1 Å². The Bertz CT molecular complexity index is 512. The van der Waals surface area contributed by atoms with Crippen LogP contribution in [0.25, 0.3) is 0 Å². The second kappa shape index (κ2) is 4.29. The number of anilines is 2. The summed E-state index contributed by atoms with van der Waals surface area (Å²) >= 11 is 0. The van der Waals surface area contributed by atoms with Crippen LogP contribution in [0.4, 0.5) is 30.2 Å². The molecule has 104 valence electrons. The number of para-hydroxylation sites is 1. The lowest BCUT2D eigenvalue weighted by atomic mass is 10.2. The molecule has 0 spiro atoms. The smallest absolute Gasteiger partial charge is 0.382 e. The quantitative estimate of drug-likeness (QED) is 0.654. The van der Waals surface area contributed by atoms with Crippen LogP contribution in [0.2, 0.25) is 0 Å². The predicted molar refractivity (Wildman–Crippen MR) is 64.3 cm³/mol. The molecule has 5 nitrogen and oxygen atoms in total. The van der Waals surface area contributed by atoms with Crippen molar-refractivity contribution in [3.63, 3.8) is 0 Å². The number of alkyl halides is 3. The van der Waals surface area contributed by atoms with Crippen LogP contribution >= 0.6 is 0 Å². The van der Waals surface area contributed by atoms with E-state index in [1.807, 2.05) is 0 Å². The minimum atomic E-state index is -4.42. The van der Waals surface area contributed by atoms with Gasteiger partial charge in [0, 0.05) is 7.05 Å². The summed E-state index contributed by atoms with van der Waals surface area (Å²) in [6.45, 7) is 0. The molecule has 1 aromatic rings. The number of nitrogens with zero attached hydrogens (tertiary/aromatic N) is 1. The van der Waals surface area contributed by atoms with Crippen molar-refractivity contribution in [2.75, 3.05) is 17.7 Å². The first-order chi connectivity index (χ1) is 8.81. The normalized spacial score (nSPS) is 16.8. The lowest BCUT2D eigenvalue weighted by molar-refractivity contribution is -0.383. The first-order valence-electron chi connectivity index (χ1n) is 5.61. The molecule has 0 heterocycles. The number of nitro groups is 1. The molecule has 1 fully saturated rings. The SMILES string of the molecule is CNc1cccc(NC2(C(F)(F)F)CC2)c1[N+](=O)[O-]. The second-order valence-corrected chi connectivity index (χ2v) is 4.41. The zero-order valence-corrected chi connectivity index (χ0v) is 10.0. The molecule has 0 radical (unpaired) electrons. The zero-order chi connectivity index (χ0) is 14.3. The Morgan fingerprint density at radius 3 is 2.32 bits per heavy atom. The summed E-state index contributed by atoms with van der Waals surface area (Å²) < 4.78 is 38.5. The molecule has 1 aromatic carbocycles. The van der Waals surface area contributed by atoms with Gasteiger partial charge >= 0.3 is 11.9 Å². The van der Waals surface area contributed by atoms with Crippen molar-refractivity contribution in [1.82, 2.24) is 0 Å². The van der Waals surface area contributed by atoms with Crippen molar-refractivity contribution in [3.05, 3.63) is 28.3 Å². The number of hydrogen-bond acceptors (Lipinski definition) is 4. The number of nitrogens with one attached hydrogen (secondary N) is 2. The summed E-state index contributed by atoms with van der Waals surface area (Å²) in [5.41, 5.74) is -2.34. The van der Waals surface area contributed by atoms with E-state index in [9.17, 15) is 23.3 Å². The Labute approximate surface area is 106 Å². The second-order valence-electron chi connectivity index (χ2n) is 4.41. The average molecular weight is 275 g/mol. The van der Waals surface area contributed by atoms with E-state index in [4.69, 9.17) is 0 Å². The lowest BCUT2D eigenvalue weighted by Gasteiger charge is -2.22. The third-order valence-corrected chi connectivity index (χ3v) is 3.15. The Morgan fingerprint density at radius 1 is 1.32 bits per heavy atom. The van der Waals surface area contributed by atoms with Gasteiger partial charge in [-0.15, -0.1) is 0 Å². The van der Waals surface area contributed by atoms with E-state index < -0.39 is 16.6 Å². The average Bonchev–Trinajstić information content (AvgIpc) is 3.08. The molecule has 19 heavy (non-hydrogen) atoms. The molecule has 0 bridgehead atoms. The van der Waals surface area contributed by atoms with Gasteiger partial charge < -0.3 is 10.6 Å². The highest BCUT2D eigenvalue weighted by atomic mass is 19.4. The van der Waals surface area contributed by atoms with Gasteiger partial charge in [0.25, 0.3) is 0 Å². The first kappa shape index (κ1) is 13.4. The van der Waals surface area contributed by atoms with Crippen LogP contribution < -0.4 is 10.6 Å². The largest absolute Gasteiger partial charge is 0.411 e. The zero-order valence-electron chi connectivity index (χ0n) is 10.0. The van der Waals surface area contributed by atoms with E-state index in [0.717, 1.165) is 0 Å². The third kappa shape index (κ3) is 2.29. The van der Waals surface area contributed by atoms with Crippen molar-refractivity contribution < 1.29 is 18.1 Å². The molecule has 1 aliphatic rings. The van der Waals surface area contributed by atoms with Crippen molar-refractivity contribution >= 4 is 17.1 Å². The molecule has 0 saturated heterocycles. The van der Waals surface area contributed by atoms with Gasteiger partial charge in [-0.2, -0.15) is 13.2 Å². The molecule has 0 aromatic heterocycles. The monoisotopic (exact) mass is 275 g/mol. The standard InChI is InChI=1S/C11H12F3N3O2/c1-15-7-3-2-4-8(9(7)17(18)19)16-10(5-6-10)11(12,13)14/h2-4,15-16H,5-6H2,1H3. The van der Waals surface area contributed by atoms with Crippen LogP contribution in [-0.4, -0.2) is 23.7 Å². The van der Waals surface area contributed by atoms with Crippen molar-refractivity contribution in [1.29, 1.82) is 0 Å². The van der Waals surface area contributed by atoms with E-state index in [1.165, 1.54) is 25.2 Å². The third-order valence-electron chi connectivity index (χ3n) is 3.15. The maximum Gasteiger partial charge on any atom is 0.411 e. The lowest BCUT2D eigenvalue weighted by Crippen LogP contribution is -2.38. The van der Waals surface area contributed by atoms with Crippen molar-refractivity contribution in [3.8, 4) is 0 Å². The minimum absolute atomic E-state index is 0.0720. The van der Waals surface area contributed by atoms with E-state index in [1.54, 1.807) is 0 Å². The van der Waals surface area contributed by atoms with Gasteiger partial charge in [-0.25, -0.2) is 0 Å². The molecule has 1 saturated carbocycles. The summed E-state index contributed by atoms with van der Waals surface area (Å²) in [7, 11) is 1.47. The molecule has 1 aliphatic carbocycles. The fourth-order valence-electron chi connectivity index (χ4n) is 1.90. The van der Waals surface area contributed by atoms with Gasteiger partial charge in [-0.05, 0) is 25.0 Å². The molecule has 2 N–H and O–H groups in total. The molecular weight excluding hydrogens is 263 g/mol. The number of benzene rings is 1. The summed E-state index contributed by atoms with van der Waals surface area (Å²) in [5.74, 6) is 0. The van der Waals surface area contributed by atoms with Crippen LogP contribution in [0.1, 0.15) is 12.8 Å². The highest BCUT2D eigenvalue weighted by Gasteiger charge is 2.64. The van der Waals surface area contributed by atoms with Crippen LogP contribution in [0.5, 0.6) is 0 Å². The highest BCUT2D eigenvalue weighted by molar-refractivity contribution is 5.77. The number of nitro benzene ring substituents is 1. The molecular formula is C11H12F3N3O2. The number of hydrogen-bond donors (Lipinski definition) is 2. The highest BCUT2D eigenvalue weighted by Crippen LogP contribution is 2.52. The van der Waals surface area contributed by atoms with E-state index >= 15 is 0 Å². The van der Waals surface area contributed by atoms with Crippen molar-refractivity contribution in [2.45, 2.75) is 24.6 Å². The maximum atomic E-state index is 12.8. The van der Waals surface area contributed by atoms with E-state index in [2.05, 4.69) is 10.6 Å². The number of rotatable bonds is 4. The summed E-state index contributed by atoms with van der Waals surface area (Å²) in [5, 5.41) is 15.9. The first-order valence-corrected chi connectivity index (χ1v) is 5.61. The molecule has 0 unspecified atom stereocenters. The van der Waals surface area contributed by atoms with Gasteiger partial charge in [0.1, 0.15) is 16.9 Å². The van der Waals surface area contributed by atoms with Gasteiger partial charge in [0.15, 0.2) is 0 Å². The molecule has 8 heteroatoms. The van der Waals surface area contributed by atoms with Crippen LogP contribution in [-0.2, 0) is 0 Å². The fourth-order valence-corrected chi connectivity index (χ4v) is 1.90. The predicted octanol–water partition coefficient (Wildman–Crippen LogP) is 3.14. The minimum Gasteiger partial charge on any atom is -0.382 e. The molecule has 0 atom stereocenters. The summed E-state index contributed by atoms with van der Waals surface area (Å²) in [4.78, 5) is 10.3. The topological polar surface area (TPSA) is 67.2 Å². The molecule has 2 rings (SSSR count). The molecule has 0 aliphatic heterocycles. The number of halogens is 3. The van der Waals surface area contributed by atoms with E-state index in [0.29, 0.717) is 0 Å². The van der Waals surface area contributed by atoms with Gasteiger partial charge in [0.05, 0.1) is 4.92 Å². The Kier molecular flexibility index (Phi) is 3.03. The van der Waals surface area contributed by atoms with Gasteiger partial charge in [0.2, 0.25) is 0 Å². The Hall–Kier alpha value is -1.99. The van der Waals surface area contributed by atoms with Crippen molar-refractivity contribution in [2.24, 2.45) is 0 Å².